The molecule has 1 aliphatic rings. The van der Waals surface area contributed by atoms with Crippen molar-refractivity contribution in [2.24, 2.45) is 5.92 Å². The van der Waals surface area contributed by atoms with Crippen molar-refractivity contribution in [3.63, 3.8) is 0 Å². The lowest BCUT2D eigenvalue weighted by molar-refractivity contribution is 0.0576. The van der Waals surface area contributed by atoms with Gasteiger partial charge in [-0.3, -0.25) is 0 Å². The van der Waals surface area contributed by atoms with Gasteiger partial charge in [0.1, 0.15) is 17.6 Å². The number of hydrogen-bond acceptors (Lipinski definition) is 4. The second-order valence-electron chi connectivity index (χ2n) is 4.46. The highest BCUT2D eigenvalue weighted by atomic mass is 16.5. The first kappa shape index (κ1) is 11.9. The Morgan fingerprint density at radius 1 is 1.59 bits per heavy atom. The second-order valence-corrected chi connectivity index (χ2v) is 4.46. The van der Waals surface area contributed by atoms with Crippen molar-refractivity contribution in [3.05, 3.63) is 23.9 Å². The molecule has 1 saturated heterocycles. The Balaban J connectivity index is 1.98. The van der Waals surface area contributed by atoms with Gasteiger partial charge in [-0.05, 0) is 30.9 Å². The van der Waals surface area contributed by atoms with E-state index in [0.717, 1.165) is 32.0 Å². The molecule has 1 aromatic heterocycles. The van der Waals surface area contributed by atoms with Gasteiger partial charge in [0.15, 0.2) is 0 Å². The summed E-state index contributed by atoms with van der Waals surface area (Å²) in [6, 6.07) is 7.59. The highest BCUT2D eigenvalue weighted by Gasteiger charge is 2.16. The molecule has 0 spiro atoms. The molecule has 4 nitrogen and oxygen atoms in total. The summed E-state index contributed by atoms with van der Waals surface area (Å²) in [4.78, 5) is 6.38. The zero-order valence-corrected chi connectivity index (χ0v) is 10.1. The number of anilines is 1. The molecule has 0 saturated carbocycles. The maximum Gasteiger partial charge on any atom is 0.142 e. The van der Waals surface area contributed by atoms with Gasteiger partial charge in [-0.2, -0.15) is 5.26 Å². The second kappa shape index (κ2) is 5.65. The molecule has 0 bridgehead atoms. The summed E-state index contributed by atoms with van der Waals surface area (Å²) in [6.07, 6.45) is 2.35. The zero-order chi connectivity index (χ0) is 12.1. The van der Waals surface area contributed by atoms with E-state index in [1.165, 1.54) is 6.42 Å². The molecular weight excluding hydrogens is 214 g/mol. The molecule has 1 fully saturated rings. The van der Waals surface area contributed by atoms with Crippen molar-refractivity contribution in [3.8, 4) is 6.07 Å². The molecule has 0 aliphatic carbocycles. The molecule has 0 aromatic carbocycles. The summed E-state index contributed by atoms with van der Waals surface area (Å²) in [5.74, 6) is 1.43. The highest BCUT2D eigenvalue weighted by molar-refractivity contribution is 5.40. The van der Waals surface area contributed by atoms with E-state index in [1.54, 1.807) is 6.07 Å². The van der Waals surface area contributed by atoms with Crippen LogP contribution in [0.3, 0.4) is 0 Å². The molecule has 2 rings (SSSR count). The minimum Gasteiger partial charge on any atom is -0.381 e. The predicted molar refractivity (Wildman–Crippen MR) is 65.8 cm³/mol. The lowest BCUT2D eigenvalue weighted by Gasteiger charge is -2.27. The van der Waals surface area contributed by atoms with Crippen LogP contribution in [0.15, 0.2) is 18.2 Å². The molecule has 1 aromatic rings. The molecule has 1 aliphatic heterocycles. The quantitative estimate of drug-likeness (QED) is 0.796. The van der Waals surface area contributed by atoms with Crippen LogP contribution in [0.4, 0.5) is 5.82 Å². The first-order valence-electron chi connectivity index (χ1n) is 5.95. The van der Waals surface area contributed by atoms with Crippen molar-refractivity contribution < 1.29 is 4.74 Å². The summed E-state index contributed by atoms with van der Waals surface area (Å²) >= 11 is 0. The van der Waals surface area contributed by atoms with Crippen molar-refractivity contribution in [2.75, 3.05) is 31.7 Å². The average Bonchev–Trinajstić information content (AvgIpc) is 2.40. The maximum atomic E-state index is 8.81. The van der Waals surface area contributed by atoms with Crippen molar-refractivity contribution in [1.82, 2.24) is 4.98 Å². The standard InChI is InChI=1S/C13H17N3O/c1-16(9-11-4-3-7-17-10-11)13-6-2-5-12(8-14)15-13/h2,5-6,11H,3-4,7,9-10H2,1H3. The van der Waals surface area contributed by atoms with Gasteiger partial charge in [-0.25, -0.2) is 4.98 Å². The van der Waals surface area contributed by atoms with Crippen molar-refractivity contribution >= 4 is 5.82 Å². The van der Waals surface area contributed by atoms with Crippen LogP contribution < -0.4 is 4.90 Å². The molecule has 0 radical (unpaired) electrons. The predicted octanol–water partition coefficient (Wildman–Crippen LogP) is 1.82. The highest BCUT2D eigenvalue weighted by Crippen LogP contribution is 2.17. The van der Waals surface area contributed by atoms with Gasteiger partial charge >= 0.3 is 0 Å². The van der Waals surface area contributed by atoms with Crippen LogP contribution in [0, 0.1) is 17.2 Å². The molecular formula is C13H17N3O. The summed E-state index contributed by atoms with van der Waals surface area (Å²) < 4.78 is 5.46. The van der Waals surface area contributed by atoms with Crippen molar-refractivity contribution in [1.29, 1.82) is 5.26 Å². The van der Waals surface area contributed by atoms with Gasteiger partial charge in [0.25, 0.3) is 0 Å². The summed E-state index contributed by atoms with van der Waals surface area (Å²) in [5.41, 5.74) is 0.467. The summed E-state index contributed by atoms with van der Waals surface area (Å²) in [7, 11) is 2.01. The first-order chi connectivity index (χ1) is 8.29. The SMILES string of the molecule is CN(CC1CCCOC1)c1cccc(C#N)n1. The van der Waals surface area contributed by atoms with Gasteiger partial charge in [-0.1, -0.05) is 6.07 Å². The number of nitrogens with zero attached hydrogens (tertiary/aromatic N) is 3. The van der Waals surface area contributed by atoms with Crippen LogP contribution in [0.1, 0.15) is 18.5 Å². The Labute approximate surface area is 102 Å². The Morgan fingerprint density at radius 2 is 2.47 bits per heavy atom. The zero-order valence-electron chi connectivity index (χ0n) is 10.1. The Bertz CT molecular complexity index is 407. The lowest BCUT2D eigenvalue weighted by atomic mass is 10.0. The van der Waals surface area contributed by atoms with Crippen LogP contribution in [0.5, 0.6) is 0 Å². The summed E-state index contributed by atoms with van der Waals surface area (Å²) in [6.45, 7) is 2.66. The molecule has 0 amide bonds. The number of aromatic nitrogens is 1. The van der Waals surface area contributed by atoms with Crippen LogP contribution in [-0.4, -0.2) is 31.8 Å². The van der Waals surface area contributed by atoms with E-state index in [4.69, 9.17) is 10.00 Å². The van der Waals surface area contributed by atoms with Gasteiger partial charge in [0.2, 0.25) is 0 Å². The van der Waals surface area contributed by atoms with E-state index in [0.29, 0.717) is 11.6 Å². The number of pyridine rings is 1. The third-order valence-corrected chi connectivity index (χ3v) is 3.03. The number of ether oxygens (including phenoxy) is 1. The number of hydrogen-bond donors (Lipinski definition) is 0. The smallest absolute Gasteiger partial charge is 0.142 e. The maximum absolute atomic E-state index is 8.81. The Morgan fingerprint density at radius 3 is 3.18 bits per heavy atom. The fourth-order valence-electron chi connectivity index (χ4n) is 2.13. The van der Waals surface area contributed by atoms with E-state index in [2.05, 4.69) is 16.0 Å². The average molecular weight is 231 g/mol. The van der Waals surface area contributed by atoms with E-state index < -0.39 is 0 Å². The fourth-order valence-corrected chi connectivity index (χ4v) is 2.13. The first-order valence-corrected chi connectivity index (χ1v) is 5.95. The topological polar surface area (TPSA) is 49.1 Å². The minimum absolute atomic E-state index is 0.467. The van der Waals surface area contributed by atoms with E-state index >= 15 is 0 Å². The molecule has 90 valence electrons. The number of rotatable bonds is 3. The fraction of sp³-hybridized carbons (Fsp3) is 0.538. The molecule has 2 heterocycles. The third-order valence-electron chi connectivity index (χ3n) is 3.03. The molecule has 0 N–H and O–H groups in total. The molecule has 1 unspecified atom stereocenters. The summed E-state index contributed by atoms with van der Waals surface area (Å²) in [5, 5.41) is 8.81. The van der Waals surface area contributed by atoms with E-state index in [1.807, 2.05) is 19.2 Å². The monoisotopic (exact) mass is 231 g/mol. The van der Waals surface area contributed by atoms with Gasteiger partial charge in [0, 0.05) is 20.2 Å². The Kier molecular flexibility index (Phi) is 3.94. The normalized spacial score (nSPS) is 19.6. The lowest BCUT2D eigenvalue weighted by Crippen LogP contribution is -2.31. The van der Waals surface area contributed by atoms with Gasteiger partial charge < -0.3 is 9.64 Å². The largest absolute Gasteiger partial charge is 0.381 e. The van der Waals surface area contributed by atoms with Gasteiger partial charge in [0.05, 0.1) is 6.61 Å². The molecule has 1 atom stereocenters. The number of nitriles is 1. The van der Waals surface area contributed by atoms with E-state index in [-0.39, 0.29) is 0 Å². The minimum atomic E-state index is 0.467. The van der Waals surface area contributed by atoms with E-state index in [9.17, 15) is 0 Å². The van der Waals surface area contributed by atoms with Crippen LogP contribution in [0.2, 0.25) is 0 Å². The van der Waals surface area contributed by atoms with Crippen molar-refractivity contribution in [2.45, 2.75) is 12.8 Å². The van der Waals surface area contributed by atoms with Crippen LogP contribution in [0.25, 0.3) is 0 Å². The Hall–Kier alpha value is -1.60. The molecule has 17 heavy (non-hydrogen) atoms. The van der Waals surface area contributed by atoms with Crippen LogP contribution >= 0.6 is 0 Å². The van der Waals surface area contributed by atoms with Gasteiger partial charge in [-0.15, -0.1) is 0 Å². The molecule has 4 heteroatoms. The van der Waals surface area contributed by atoms with Crippen LogP contribution in [-0.2, 0) is 4.74 Å². The third kappa shape index (κ3) is 3.18.